The molecule has 6 atom stereocenters. The van der Waals surface area contributed by atoms with Crippen molar-refractivity contribution in [3.05, 3.63) is 23.8 Å². The summed E-state index contributed by atoms with van der Waals surface area (Å²) in [6.45, 7) is 23.2. The molecule has 1 aliphatic heterocycles. The fourth-order valence-corrected chi connectivity index (χ4v) is 8.16. The second-order valence-corrected chi connectivity index (χ2v) is 18.3. The molecule has 0 N–H and O–H groups in total. The van der Waals surface area contributed by atoms with E-state index in [2.05, 4.69) is 54.3 Å². The van der Waals surface area contributed by atoms with Crippen molar-refractivity contribution in [1.82, 2.24) is 0 Å². The molecule has 0 bridgehead atoms. The number of hydrogen-bond acceptors (Lipinski definition) is 7. The highest BCUT2D eigenvalue weighted by atomic mass is 28.4. The van der Waals surface area contributed by atoms with Crippen molar-refractivity contribution in [2.45, 2.75) is 111 Å². The highest BCUT2D eigenvalue weighted by Gasteiger charge is 2.60. The molecule has 0 radical (unpaired) electrons. The van der Waals surface area contributed by atoms with Gasteiger partial charge in [-0.2, -0.15) is 0 Å². The Hall–Kier alpha value is -1.93. The van der Waals surface area contributed by atoms with Gasteiger partial charge in [0.25, 0.3) is 0 Å². The highest BCUT2D eigenvalue weighted by molar-refractivity contribution is 6.74. The largest absolute Gasteiger partial charge is 0.465 e. The predicted octanol–water partition coefficient (Wildman–Crippen LogP) is 6.13. The number of rotatable bonds is 8. The van der Waals surface area contributed by atoms with Crippen molar-refractivity contribution in [3.63, 3.8) is 0 Å². The molecule has 2 fully saturated rings. The standard InChI is InChI=1S/C30H48O7Si/c1-19-11-12-25-29(7,15-13-26(36-21(3)32)30(25,8)18-35-20(2)31)23(19)17-24(22-14-16-34-27(22)33)37-38(9,10)28(4,5)6/h14,23-26H,1,11-13,15-18H2,2-10H3/t23-,24+,25+,26-,29+,30+/m1/s1. The maximum absolute atomic E-state index is 12.8. The highest BCUT2D eigenvalue weighted by Crippen LogP contribution is 2.63. The normalized spacial score (nSPS) is 32.7. The van der Waals surface area contributed by atoms with Gasteiger partial charge in [-0.25, -0.2) is 4.79 Å². The molecule has 2 aliphatic carbocycles. The minimum absolute atomic E-state index is 0.0188. The lowest BCUT2D eigenvalue weighted by Crippen LogP contribution is -2.59. The minimum Gasteiger partial charge on any atom is -0.465 e. The molecular weight excluding hydrogens is 500 g/mol. The van der Waals surface area contributed by atoms with E-state index in [4.69, 9.17) is 18.6 Å². The van der Waals surface area contributed by atoms with Crippen LogP contribution in [0.25, 0.3) is 0 Å². The van der Waals surface area contributed by atoms with Crippen LogP contribution in [-0.4, -0.2) is 51.6 Å². The van der Waals surface area contributed by atoms with Gasteiger partial charge in [0.15, 0.2) is 8.32 Å². The van der Waals surface area contributed by atoms with Crippen LogP contribution < -0.4 is 0 Å². The smallest absolute Gasteiger partial charge is 0.336 e. The zero-order chi connectivity index (χ0) is 28.7. The molecule has 0 amide bonds. The summed E-state index contributed by atoms with van der Waals surface area (Å²) in [5.74, 6) is -0.748. The molecule has 8 heteroatoms. The molecule has 0 aromatic carbocycles. The molecule has 214 valence electrons. The average molecular weight is 549 g/mol. The second-order valence-electron chi connectivity index (χ2n) is 13.6. The van der Waals surface area contributed by atoms with E-state index in [0.717, 1.165) is 19.3 Å². The van der Waals surface area contributed by atoms with Gasteiger partial charge in [0.1, 0.15) is 19.3 Å². The quantitative estimate of drug-likeness (QED) is 0.156. The van der Waals surface area contributed by atoms with Crippen LogP contribution in [0.15, 0.2) is 23.8 Å². The number of fused-ring (bicyclic) bond motifs is 1. The van der Waals surface area contributed by atoms with Crippen LogP contribution in [0, 0.1) is 22.7 Å². The van der Waals surface area contributed by atoms with Crippen molar-refractivity contribution in [3.8, 4) is 0 Å². The first-order chi connectivity index (χ1) is 17.4. The number of esters is 3. The van der Waals surface area contributed by atoms with Crippen LogP contribution in [0.1, 0.15) is 80.6 Å². The summed E-state index contributed by atoms with van der Waals surface area (Å²) in [6, 6.07) is 0. The summed E-state index contributed by atoms with van der Waals surface area (Å²) >= 11 is 0. The maximum atomic E-state index is 12.8. The van der Waals surface area contributed by atoms with Gasteiger partial charge in [0.05, 0.1) is 11.7 Å². The van der Waals surface area contributed by atoms with E-state index in [9.17, 15) is 14.4 Å². The maximum Gasteiger partial charge on any atom is 0.336 e. The van der Waals surface area contributed by atoms with Crippen molar-refractivity contribution in [2.24, 2.45) is 22.7 Å². The molecule has 3 rings (SSSR count). The molecular formula is C30H48O7Si. The second kappa shape index (κ2) is 10.9. The van der Waals surface area contributed by atoms with Gasteiger partial charge >= 0.3 is 17.9 Å². The molecule has 1 heterocycles. The lowest BCUT2D eigenvalue weighted by atomic mass is 9.46. The topological polar surface area (TPSA) is 88.1 Å². The zero-order valence-electron chi connectivity index (χ0n) is 24.9. The Labute approximate surface area is 229 Å². The van der Waals surface area contributed by atoms with Gasteiger partial charge in [-0.15, -0.1) is 0 Å². The molecule has 0 saturated heterocycles. The van der Waals surface area contributed by atoms with Gasteiger partial charge in [0, 0.05) is 19.3 Å². The zero-order valence-corrected chi connectivity index (χ0v) is 25.9. The van der Waals surface area contributed by atoms with Gasteiger partial charge in [-0.3, -0.25) is 9.59 Å². The minimum atomic E-state index is -2.22. The average Bonchev–Trinajstić information content (AvgIpc) is 3.21. The summed E-state index contributed by atoms with van der Waals surface area (Å²) in [5.41, 5.74) is 1.05. The van der Waals surface area contributed by atoms with Crippen LogP contribution in [0.2, 0.25) is 18.1 Å². The van der Waals surface area contributed by atoms with Crippen LogP contribution in [-0.2, 0) is 33.0 Å². The Balaban J connectivity index is 2.00. The summed E-state index contributed by atoms with van der Waals surface area (Å²) in [4.78, 5) is 36.6. The Kier molecular flexibility index (Phi) is 8.79. The molecule has 0 aromatic heterocycles. The molecule has 0 spiro atoms. The van der Waals surface area contributed by atoms with Gasteiger partial charge < -0.3 is 18.6 Å². The third-order valence-electron chi connectivity index (χ3n) is 10.0. The van der Waals surface area contributed by atoms with E-state index >= 15 is 0 Å². The number of ether oxygens (including phenoxy) is 3. The molecule has 0 unspecified atom stereocenters. The lowest BCUT2D eigenvalue weighted by Gasteiger charge is -2.60. The van der Waals surface area contributed by atoms with Crippen molar-refractivity contribution < 1.29 is 33.0 Å². The lowest BCUT2D eigenvalue weighted by molar-refractivity contribution is -0.192. The number of carbonyl (C=O) groups is 3. The molecule has 0 aromatic rings. The Morgan fingerprint density at radius 2 is 1.84 bits per heavy atom. The molecule has 7 nitrogen and oxygen atoms in total. The van der Waals surface area contributed by atoms with Crippen molar-refractivity contribution in [1.29, 1.82) is 0 Å². The number of allylic oxidation sites excluding steroid dienone is 1. The third kappa shape index (κ3) is 5.96. The fraction of sp³-hybridized carbons (Fsp3) is 0.767. The van der Waals surface area contributed by atoms with Gasteiger partial charge in [0.2, 0.25) is 0 Å². The summed E-state index contributed by atoms with van der Waals surface area (Å²) in [7, 11) is -2.22. The van der Waals surface area contributed by atoms with Gasteiger partial charge in [-0.05, 0) is 73.6 Å². The Morgan fingerprint density at radius 3 is 2.37 bits per heavy atom. The molecule has 2 saturated carbocycles. The predicted molar refractivity (Wildman–Crippen MR) is 149 cm³/mol. The van der Waals surface area contributed by atoms with E-state index in [0.29, 0.717) is 18.4 Å². The van der Waals surface area contributed by atoms with Crippen LogP contribution >= 0.6 is 0 Å². The fourth-order valence-electron chi connectivity index (χ4n) is 6.87. The van der Waals surface area contributed by atoms with E-state index in [1.807, 2.05) is 6.08 Å². The Morgan fingerprint density at radius 1 is 1.18 bits per heavy atom. The number of hydrogen-bond donors (Lipinski definition) is 0. The third-order valence-corrected chi connectivity index (χ3v) is 14.5. The SMILES string of the molecule is C=C1CC[C@@H]2[C@](C)(COC(C)=O)[C@H](OC(C)=O)CC[C@@]2(C)[C@@H]1C[C@H](O[Si](C)(C)C(C)(C)C)C1=CCOC1=O. The molecule has 3 aliphatic rings. The first-order valence-electron chi connectivity index (χ1n) is 14.0. The van der Waals surface area contributed by atoms with E-state index in [1.54, 1.807) is 0 Å². The monoisotopic (exact) mass is 548 g/mol. The van der Waals surface area contributed by atoms with Crippen molar-refractivity contribution in [2.75, 3.05) is 13.2 Å². The van der Waals surface area contributed by atoms with Crippen LogP contribution in [0.5, 0.6) is 0 Å². The van der Waals surface area contributed by atoms with Crippen molar-refractivity contribution >= 4 is 26.2 Å². The summed E-state index contributed by atoms with van der Waals surface area (Å²) in [5, 5.41) is -0.0188. The Bertz CT molecular complexity index is 993. The first kappa shape index (κ1) is 30.6. The summed E-state index contributed by atoms with van der Waals surface area (Å²) in [6.07, 6.45) is 5.00. The summed E-state index contributed by atoms with van der Waals surface area (Å²) < 4.78 is 23.7. The van der Waals surface area contributed by atoms with Crippen LogP contribution in [0.3, 0.4) is 0 Å². The number of carbonyl (C=O) groups excluding carboxylic acids is 3. The van der Waals surface area contributed by atoms with Crippen LogP contribution in [0.4, 0.5) is 0 Å². The van der Waals surface area contributed by atoms with E-state index in [-0.39, 0.29) is 65.6 Å². The first-order valence-corrected chi connectivity index (χ1v) is 16.9. The van der Waals surface area contributed by atoms with Gasteiger partial charge in [-0.1, -0.05) is 46.8 Å². The van der Waals surface area contributed by atoms with E-state index < -0.39 is 13.7 Å². The number of cyclic esters (lactones) is 1. The van der Waals surface area contributed by atoms with E-state index in [1.165, 1.54) is 19.4 Å². The molecule has 38 heavy (non-hydrogen) atoms.